The Morgan fingerprint density at radius 3 is 2.44 bits per heavy atom. The number of nitrogens with one attached hydrogen (secondary N) is 1. The van der Waals surface area contributed by atoms with Crippen molar-refractivity contribution in [1.82, 2.24) is 0 Å². The van der Waals surface area contributed by atoms with Gasteiger partial charge in [-0.2, -0.15) is 0 Å². The molecule has 0 fully saturated rings. The van der Waals surface area contributed by atoms with Crippen molar-refractivity contribution in [1.29, 1.82) is 0 Å². The number of ether oxygens (including phenoxy) is 2. The SMILES string of the molecule is CCN(C(=O)Oc1cccc(NC(=O)OC(C)C)c1)c1ccccc1. The summed E-state index contributed by atoms with van der Waals surface area (Å²) >= 11 is 0. The molecule has 0 bridgehead atoms. The van der Waals surface area contributed by atoms with Gasteiger partial charge in [-0.1, -0.05) is 24.3 Å². The molecule has 2 amide bonds. The standard InChI is InChI=1S/C19H22N2O4/c1-4-21(16-10-6-5-7-11-16)19(23)25-17-12-8-9-15(13-17)20-18(22)24-14(2)3/h5-14H,4H2,1-3H3,(H,20,22). The predicted octanol–water partition coefficient (Wildman–Crippen LogP) is 4.67. The number of hydrogen-bond acceptors (Lipinski definition) is 4. The molecule has 0 spiro atoms. The normalized spacial score (nSPS) is 10.2. The van der Waals surface area contributed by atoms with E-state index in [2.05, 4.69) is 5.32 Å². The van der Waals surface area contributed by atoms with E-state index in [0.29, 0.717) is 18.0 Å². The van der Waals surface area contributed by atoms with Crippen molar-refractivity contribution in [2.45, 2.75) is 26.9 Å². The molecule has 2 aromatic carbocycles. The molecule has 0 unspecified atom stereocenters. The van der Waals surface area contributed by atoms with Crippen molar-refractivity contribution < 1.29 is 19.1 Å². The smallest absolute Gasteiger partial charge is 0.419 e. The van der Waals surface area contributed by atoms with Gasteiger partial charge in [0, 0.05) is 24.0 Å². The van der Waals surface area contributed by atoms with Crippen molar-refractivity contribution >= 4 is 23.6 Å². The van der Waals surface area contributed by atoms with E-state index in [1.54, 1.807) is 38.1 Å². The van der Waals surface area contributed by atoms with E-state index in [9.17, 15) is 9.59 Å². The lowest BCUT2D eigenvalue weighted by atomic mass is 10.3. The molecule has 132 valence electrons. The molecule has 0 aliphatic rings. The summed E-state index contributed by atoms with van der Waals surface area (Å²) < 4.78 is 10.4. The molecule has 0 aliphatic carbocycles. The number of nitrogens with zero attached hydrogens (tertiary/aromatic N) is 1. The molecule has 2 aromatic rings. The molecule has 0 aromatic heterocycles. The Kier molecular flexibility index (Phi) is 6.39. The van der Waals surface area contributed by atoms with Crippen molar-refractivity contribution in [3.8, 4) is 5.75 Å². The average molecular weight is 342 g/mol. The Hall–Kier alpha value is -3.02. The second kappa shape index (κ2) is 8.73. The molecule has 25 heavy (non-hydrogen) atoms. The van der Waals surface area contributed by atoms with Gasteiger partial charge >= 0.3 is 12.2 Å². The molecule has 1 N–H and O–H groups in total. The van der Waals surface area contributed by atoms with Crippen LogP contribution in [0.1, 0.15) is 20.8 Å². The van der Waals surface area contributed by atoms with Crippen LogP contribution in [0.3, 0.4) is 0 Å². The summed E-state index contributed by atoms with van der Waals surface area (Å²) in [5.41, 5.74) is 1.24. The van der Waals surface area contributed by atoms with Crippen molar-refractivity contribution in [2.75, 3.05) is 16.8 Å². The fourth-order valence-electron chi connectivity index (χ4n) is 2.18. The van der Waals surface area contributed by atoms with Crippen LogP contribution in [0, 0.1) is 0 Å². The number of carbonyl (C=O) groups excluding carboxylic acids is 2. The Morgan fingerprint density at radius 2 is 1.80 bits per heavy atom. The Bertz CT molecular complexity index is 716. The second-order valence-corrected chi connectivity index (χ2v) is 5.55. The molecule has 0 saturated heterocycles. The quantitative estimate of drug-likeness (QED) is 0.857. The van der Waals surface area contributed by atoms with Crippen LogP contribution in [0.2, 0.25) is 0 Å². The first-order chi connectivity index (χ1) is 12.0. The van der Waals surface area contributed by atoms with Gasteiger partial charge in [-0.25, -0.2) is 9.59 Å². The fourth-order valence-corrected chi connectivity index (χ4v) is 2.18. The lowest BCUT2D eigenvalue weighted by Gasteiger charge is -2.20. The highest BCUT2D eigenvalue weighted by Crippen LogP contribution is 2.20. The van der Waals surface area contributed by atoms with Gasteiger partial charge in [0.2, 0.25) is 0 Å². The monoisotopic (exact) mass is 342 g/mol. The zero-order valence-electron chi connectivity index (χ0n) is 14.6. The summed E-state index contributed by atoms with van der Waals surface area (Å²) in [5.74, 6) is 0.335. The van der Waals surface area contributed by atoms with Crippen molar-refractivity contribution in [3.05, 3.63) is 54.6 Å². The number of para-hydroxylation sites is 1. The largest absolute Gasteiger partial charge is 0.447 e. The Morgan fingerprint density at radius 1 is 1.08 bits per heavy atom. The first-order valence-corrected chi connectivity index (χ1v) is 8.11. The molecule has 6 nitrogen and oxygen atoms in total. The molecule has 0 aliphatic heterocycles. The summed E-state index contributed by atoms with van der Waals surface area (Å²) in [7, 11) is 0. The molecule has 2 rings (SSSR count). The van der Waals surface area contributed by atoms with Gasteiger partial charge < -0.3 is 9.47 Å². The highest BCUT2D eigenvalue weighted by Gasteiger charge is 2.16. The minimum absolute atomic E-state index is 0.218. The molecule has 6 heteroatoms. The summed E-state index contributed by atoms with van der Waals surface area (Å²) in [6.45, 7) is 5.87. The van der Waals surface area contributed by atoms with E-state index in [0.717, 1.165) is 5.69 Å². The molecular formula is C19H22N2O4. The summed E-state index contributed by atoms with van der Waals surface area (Å²) in [6, 6.07) is 15.9. The zero-order valence-corrected chi connectivity index (χ0v) is 14.6. The third-order valence-electron chi connectivity index (χ3n) is 3.23. The van der Waals surface area contributed by atoms with Gasteiger partial charge in [0.25, 0.3) is 0 Å². The summed E-state index contributed by atoms with van der Waals surface area (Å²) in [4.78, 5) is 25.6. The van der Waals surface area contributed by atoms with E-state index in [1.165, 1.54) is 4.90 Å². The number of anilines is 2. The Balaban J connectivity index is 2.05. The maximum absolute atomic E-state index is 12.4. The number of amides is 2. The predicted molar refractivity (Wildman–Crippen MR) is 97.2 cm³/mol. The molecule has 0 atom stereocenters. The lowest BCUT2D eigenvalue weighted by Crippen LogP contribution is -2.33. The maximum atomic E-state index is 12.4. The molecule has 0 saturated carbocycles. The minimum Gasteiger partial charge on any atom is -0.447 e. The molecule has 0 heterocycles. The molecule has 0 radical (unpaired) electrons. The van der Waals surface area contributed by atoms with Crippen LogP contribution in [-0.2, 0) is 4.74 Å². The topological polar surface area (TPSA) is 67.9 Å². The van der Waals surface area contributed by atoms with E-state index in [-0.39, 0.29) is 6.10 Å². The maximum Gasteiger partial charge on any atom is 0.419 e. The van der Waals surface area contributed by atoms with Gasteiger partial charge in [0.15, 0.2) is 0 Å². The van der Waals surface area contributed by atoms with E-state index in [1.807, 2.05) is 37.3 Å². The van der Waals surface area contributed by atoms with E-state index >= 15 is 0 Å². The van der Waals surface area contributed by atoms with Gasteiger partial charge in [0.05, 0.1) is 6.10 Å². The third-order valence-corrected chi connectivity index (χ3v) is 3.23. The van der Waals surface area contributed by atoms with Crippen LogP contribution >= 0.6 is 0 Å². The van der Waals surface area contributed by atoms with Crippen LogP contribution in [0.4, 0.5) is 21.0 Å². The number of carbonyl (C=O) groups is 2. The van der Waals surface area contributed by atoms with E-state index < -0.39 is 12.2 Å². The summed E-state index contributed by atoms with van der Waals surface area (Å²) in [5, 5.41) is 2.60. The first-order valence-electron chi connectivity index (χ1n) is 8.11. The number of benzene rings is 2. The van der Waals surface area contributed by atoms with Gasteiger partial charge in [-0.15, -0.1) is 0 Å². The first kappa shape index (κ1) is 18.3. The molecular weight excluding hydrogens is 320 g/mol. The van der Waals surface area contributed by atoms with Gasteiger partial charge in [-0.05, 0) is 45.0 Å². The third kappa shape index (κ3) is 5.53. The summed E-state index contributed by atoms with van der Waals surface area (Å²) in [6.07, 6.45) is -1.27. The average Bonchev–Trinajstić information content (AvgIpc) is 2.56. The highest BCUT2D eigenvalue weighted by atomic mass is 16.6. The van der Waals surface area contributed by atoms with Crippen LogP contribution in [0.25, 0.3) is 0 Å². The number of rotatable bonds is 5. The highest BCUT2D eigenvalue weighted by molar-refractivity contribution is 5.89. The fraction of sp³-hybridized carbons (Fsp3) is 0.263. The van der Waals surface area contributed by atoms with Crippen molar-refractivity contribution in [2.24, 2.45) is 0 Å². The Labute approximate surface area is 147 Å². The van der Waals surface area contributed by atoms with Crippen LogP contribution in [0.5, 0.6) is 5.75 Å². The van der Waals surface area contributed by atoms with Gasteiger partial charge in [0.1, 0.15) is 5.75 Å². The van der Waals surface area contributed by atoms with Crippen LogP contribution in [-0.4, -0.2) is 24.8 Å². The van der Waals surface area contributed by atoms with Crippen molar-refractivity contribution in [3.63, 3.8) is 0 Å². The second-order valence-electron chi connectivity index (χ2n) is 5.55. The van der Waals surface area contributed by atoms with E-state index in [4.69, 9.17) is 9.47 Å². The minimum atomic E-state index is -0.557. The number of hydrogen-bond donors (Lipinski definition) is 1. The van der Waals surface area contributed by atoms with Crippen LogP contribution < -0.4 is 15.0 Å². The lowest BCUT2D eigenvalue weighted by molar-refractivity contribution is 0.130. The van der Waals surface area contributed by atoms with Gasteiger partial charge in [-0.3, -0.25) is 10.2 Å². The zero-order chi connectivity index (χ0) is 18.2. The van der Waals surface area contributed by atoms with Crippen LogP contribution in [0.15, 0.2) is 54.6 Å².